The Bertz CT molecular complexity index is 347. The van der Waals surface area contributed by atoms with Gasteiger partial charge in [-0.1, -0.05) is 29.3 Å². The third-order valence-electron chi connectivity index (χ3n) is 2.82. The molecule has 2 rings (SSSR count). The second-order valence-corrected chi connectivity index (χ2v) is 4.83. The fraction of sp³-hybridized carbons (Fsp3) is 0.500. The maximum atomic E-state index is 6.01. The minimum Gasteiger partial charge on any atom is -0.485 e. The van der Waals surface area contributed by atoms with Crippen LogP contribution < -0.4 is 9.64 Å². The number of para-hydroxylation sites is 1. The van der Waals surface area contributed by atoms with Gasteiger partial charge >= 0.3 is 0 Å². The number of hydrogen-bond donors (Lipinski definition) is 1. The number of quaternary nitrogens is 1. The number of morpholine rings is 1. The zero-order valence-corrected chi connectivity index (χ0v) is 11.1. The SMILES string of the molecule is Clc1cccc(Cl)c1OCC[NH+]1CCOCC1. The van der Waals surface area contributed by atoms with Gasteiger partial charge in [-0.2, -0.15) is 0 Å². The molecule has 0 atom stereocenters. The number of nitrogens with one attached hydrogen (secondary N) is 1. The van der Waals surface area contributed by atoms with Crippen LogP contribution in [0.3, 0.4) is 0 Å². The summed E-state index contributed by atoms with van der Waals surface area (Å²) in [4.78, 5) is 1.50. The van der Waals surface area contributed by atoms with Crippen LogP contribution in [0.25, 0.3) is 0 Å². The van der Waals surface area contributed by atoms with Crippen LogP contribution in [0.1, 0.15) is 0 Å². The summed E-state index contributed by atoms with van der Waals surface area (Å²) in [6.07, 6.45) is 0. The molecule has 0 unspecified atom stereocenters. The fourth-order valence-electron chi connectivity index (χ4n) is 1.83. The molecule has 1 saturated heterocycles. The Morgan fingerprint density at radius 1 is 1.18 bits per heavy atom. The Balaban J connectivity index is 1.81. The molecule has 1 heterocycles. The van der Waals surface area contributed by atoms with E-state index in [0.717, 1.165) is 32.8 Å². The van der Waals surface area contributed by atoms with E-state index >= 15 is 0 Å². The molecule has 0 saturated carbocycles. The number of ether oxygens (including phenoxy) is 2. The van der Waals surface area contributed by atoms with E-state index in [-0.39, 0.29) is 0 Å². The first kappa shape index (κ1) is 13.0. The molecule has 1 N–H and O–H groups in total. The van der Waals surface area contributed by atoms with Gasteiger partial charge in [-0.25, -0.2) is 0 Å². The summed E-state index contributed by atoms with van der Waals surface area (Å²) in [6.45, 7) is 5.33. The summed E-state index contributed by atoms with van der Waals surface area (Å²) in [6, 6.07) is 5.37. The van der Waals surface area contributed by atoms with Crippen molar-refractivity contribution in [1.82, 2.24) is 0 Å². The Morgan fingerprint density at radius 2 is 1.82 bits per heavy atom. The van der Waals surface area contributed by atoms with Crippen LogP contribution in [0.2, 0.25) is 10.0 Å². The van der Waals surface area contributed by atoms with E-state index < -0.39 is 0 Å². The summed E-state index contributed by atoms with van der Waals surface area (Å²) >= 11 is 12.0. The van der Waals surface area contributed by atoms with E-state index in [2.05, 4.69) is 0 Å². The minimum absolute atomic E-state index is 0.564. The van der Waals surface area contributed by atoms with Gasteiger partial charge in [-0.15, -0.1) is 0 Å². The first-order valence-electron chi connectivity index (χ1n) is 5.75. The molecule has 0 amide bonds. The Kier molecular flexibility index (Phi) is 4.92. The molecule has 0 spiro atoms. The third-order valence-corrected chi connectivity index (χ3v) is 3.42. The van der Waals surface area contributed by atoms with Crippen molar-refractivity contribution in [3.05, 3.63) is 28.2 Å². The molecule has 1 aliphatic rings. The first-order chi connectivity index (χ1) is 8.27. The Hall–Kier alpha value is -0.480. The van der Waals surface area contributed by atoms with Gasteiger partial charge in [0.25, 0.3) is 0 Å². The molecule has 0 aliphatic carbocycles. The highest BCUT2D eigenvalue weighted by molar-refractivity contribution is 6.37. The van der Waals surface area contributed by atoms with Gasteiger partial charge in [0.05, 0.1) is 23.3 Å². The van der Waals surface area contributed by atoms with Crippen molar-refractivity contribution >= 4 is 23.2 Å². The van der Waals surface area contributed by atoms with Crippen molar-refractivity contribution in [1.29, 1.82) is 0 Å². The molecule has 0 bridgehead atoms. The molecule has 1 aromatic rings. The molecule has 1 aliphatic heterocycles. The molecular formula is C12H16Cl2NO2+. The second-order valence-electron chi connectivity index (χ2n) is 4.01. The summed E-state index contributed by atoms with van der Waals surface area (Å²) in [5.41, 5.74) is 0. The van der Waals surface area contributed by atoms with Crippen LogP contribution in [0.15, 0.2) is 18.2 Å². The van der Waals surface area contributed by atoms with E-state index in [0.29, 0.717) is 22.4 Å². The number of halogens is 2. The average Bonchev–Trinajstić information content (AvgIpc) is 2.34. The predicted molar refractivity (Wildman–Crippen MR) is 68.3 cm³/mol. The van der Waals surface area contributed by atoms with Crippen LogP contribution >= 0.6 is 23.2 Å². The van der Waals surface area contributed by atoms with Crippen LogP contribution in [0.4, 0.5) is 0 Å². The monoisotopic (exact) mass is 276 g/mol. The topological polar surface area (TPSA) is 22.9 Å². The molecule has 17 heavy (non-hydrogen) atoms. The van der Waals surface area contributed by atoms with Gasteiger partial charge < -0.3 is 14.4 Å². The van der Waals surface area contributed by atoms with Crippen molar-refractivity contribution in [3.8, 4) is 5.75 Å². The van der Waals surface area contributed by atoms with Gasteiger partial charge in [-0.05, 0) is 12.1 Å². The Labute approximate surface area is 111 Å². The van der Waals surface area contributed by atoms with Crippen LogP contribution in [-0.2, 0) is 4.74 Å². The van der Waals surface area contributed by atoms with Gasteiger partial charge in [0.2, 0.25) is 0 Å². The molecular weight excluding hydrogens is 261 g/mol. The summed E-state index contributed by atoms with van der Waals surface area (Å²) in [7, 11) is 0. The molecule has 5 heteroatoms. The van der Waals surface area contributed by atoms with Crippen LogP contribution in [0.5, 0.6) is 5.75 Å². The highest BCUT2D eigenvalue weighted by atomic mass is 35.5. The molecule has 0 radical (unpaired) electrons. The summed E-state index contributed by atoms with van der Waals surface area (Å²) in [5, 5.41) is 1.13. The van der Waals surface area contributed by atoms with E-state index in [1.54, 1.807) is 12.1 Å². The van der Waals surface area contributed by atoms with Crippen molar-refractivity contribution in [2.75, 3.05) is 39.5 Å². The highest BCUT2D eigenvalue weighted by Crippen LogP contribution is 2.31. The van der Waals surface area contributed by atoms with Gasteiger partial charge in [0.15, 0.2) is 5.75 Å². The molecule has 0 aromatic heterocycles. The lowest BCUT2D eigenvalue weighted by Crippen LogP contribution is -3.14. The minimum atomic E-state index is 0.564. The third kappa shape index (κ3) is 3.75. The lowest BCUT2D eigenvalue weighted by molar-refractivity contribution is -0.908. The van der Waals surface area contributed by atoms with E-state index in [1.165, 1.54) is 4.90 Å². The van der Waals surface area contributed by atoms with Gasteiger partial charge in [0, 0.05) is 0 Å². The smallest absolute Gasteiger partial charge is 0.156 e. The maximum absolute atomic E-state index is 6.01. The van der Waals surface area contributed by atoms with Crippen molar-refractivity contribution < 1.29 is 14.4 Å². The fourth-order valence-corrected chi connectivity index (χ4v) is 2.33. The molecule has 94 valence electrons. The second kappa shape index (κ2) is 6.45. The highest BCUT2D eigenvalue weighted by Gasteiger charge is 2.14. The lowest BCUT2D eigenvalue weighted by atomic mass is 10.3. The van der Waals surface area contributed by atoms with Crippen LogP contribution in [-0.4, -0.2) is 39.5 Å². The zero-order valence-electron chi connectivity index (χ0n) is 9.55. The predicted octanol–water partition coefficient (Wildman–Crippen LogP) is 1.29. The summed E-state index contributed by atoms with van der Waals surface area (Å²) < 4.78 is 10.9. The lowest BCUT2D eigenvalue weighted by Gasteiger charge is -2.23. The van der Waals surface area contributed by atoms with Crippen molar-refractivity contribution in [3.63, 3.8) is 0 Å². The Morgan fingerprint density at radius 3 is 2.47 bits per heavy atom. The molecule has 1 aromatic carbocycles. The number of hydrogen-bond acceptors (Lipinski definition) is 2. The van der Waals surface area contributed by atoms with Gasteiger partial charge in [-0.3, -0.25) is 0 Å². The van der Waals surface area contributed by atoms with E-state index in [4.69, 9.17) is 32.7 Å². The summed E-state index contributed by atoms with van der Waals surface area (Å²) in [5.74, 6) is 0.587. The average molecular weight is 277 g/mol. The molecule has 1 fully saturated rings. The zero-order chi connectivity index (χ0) is 12.1. The quantitative estimate of drug-likeness (QED) is 0.896. The number of rotatable bonds is 4. The first-order valence-corrected chi connectivity index (χ1v) is 6.51. The van der Waals surface area contributed by atoms with Crippen molar-refractivity contribution in [2.24, 2.45) is 0 Å². The largest absolute Gasteiger partial charge is 0.485 e. The standard InChI is InChI=1S/C12H15Cl2NO2/c13-10-2-1-3-11(14)12(10)17-9-6-15-4-7-16-8-5-15/h1-3H,4-9H2/p+1. The normalized spacial score (nSPS) is 17.1. The van der Waals surface area contributed by atoms with Crippen molar-refractivity contribution in [2.45, 2.75) is 0 Å². The van der Waals surface area contributed by atoms with Gasteiger partial charge in [0.1, 0.15) is 26.2 Å². The van der Waals surface area contributed by atoms with E-state index in [1.807, 2.05) is 6.07 Å². The molecule has 3 nitrogen and oxygen atoms in total. The maximum Gasteiger partial charge on any atom is 0.156 e. The number of benzene rings is 1. The van der Waals surface area contributed by atoms with Crippen LogP contribution in [0, 0.1) is 0 Å². The van der Waals surface area contributed by atoms with E-state index in [9.17, 15) is 0 Å².